The molecule has 7 nitrogen and oxygen atoms in total. The van der Waals surface area contributed by atoms with Crippen LogP contribution < -0.4 is 4.74 Å². The fourth-order valence-electron chi connectivity index (χ4n) is 6.29. The Hall–Kier alpha value is -2.07. The molecular weight excluding hydrogens is 522 g/mol. The number of hydrogen-bond donors (Lipinski definition) is 2. The topological polar surface area (TPSA) is 94.5 Å². The van der Waals surface area contributed by atoms with E-state index in [1.807, 2.05) is 19.1 Å². The quantitative estimate of drug-likeness (QED) is 0.288. The van der Waals surface area contributed by atoms with Gasteiger partial charge in [0.2, 0.25) is 0 Å². The van der Waals surface area contributed by atoms with Crippen LogP contribution in [-0.2, 0) is 19.0 Å². The highest BCUT2D eigenvalue weighted by Crippen LogP contribution is 2.42. The zero-order chi connectivity index (χ0) is 28.5. The molecule has 40 heavy (non-hydrogen) atoms. The monoisotopic (exact) mass is 566 g/mol. The van der Waals surface area contributed by atoms with Crippen LogP contribution in [-0.4, -0.2) is 60.6 Å². The van der Waals surface area contributed by atoms with E-state index in [-0.39, 0.29) is 36.2 Å². The van der Waals surface area contributed by atoms with E-state index >= 15 is 0 Å². The largest absolute Gasteiger partial charge is 0.487 e. The second-order valence-corrected chi connectivity index (χ2v) is 11.5. The Bertz CT molecular complexity index is 967. The minimum absolute atomic E-state index is 0.0330. The number of fused-ring (bicyclic) bond motifs is 1. The molecule has 1 aliphatic carbocycles. The average molecular weight is 567 g/mol. The lowest BCUT2D eigenvalue weighted by atomic mass is 9.85. The third-order valence-electron chi connectivity index (χ3n) is 8.56. The first kappa shape index (κ1) is 30.9. The number of aliphatic hydroxyl groups is 1. The fraction of sp³-hybridized carbons (Fsp3) is 0.710. The van der Waals surface area contributed by atoms with Gasteiger partial charge in [-0.1, -0.05) is 25.5 Å². The number of benzene rings is 1. The Labute approximate surface area is 235 Å². The minimum atomic E-state index is -0.721. The van der Waals surface area contributed by atoms with Gasteiger partial charge in [0.25, 0.3) is 0 Å². The summed E-state index contributed by atoms with van der Waals surface area (Å²) in [6.07, 6.45) is 10.3. The van der Waals surface area contributed by atoms with Crippen LogP contribution in [0.25, 0.3) is 0 Å². The number of halogens is 2. The summed E-state index contributed by atoms with van der Waals surface area (Å²) in [6, 6.07) is 3.08. The number of ether oxygens (including phenoxy) is 4. The first-order valence-electron chi connectivity index (χ1n) is 14.9. The molecule has 2 heterocycles. The lowest BCUT2D eigenvalue weighted by molar-refractivity contribution is -0.183. The van der Waals surface area contributed by atoms with E-state index in [0.717, 1.165) is 63.1 Å². The van der Waals surface area contributed by atoms with Crippen LogP contribution in [0.1, 0.15) is 71.1 Å². The molecule has 0 bridgehead atoms. The number of carbonyl (C=O) groups is 1. The summed E-state index contributed by atoms with van der Waals surface area (Å²) in [5, 5.41) is 20.4. The number of carboxylic acids is 1. The molecular formula is C31H44F2O7. The number of carboxylic acid groups (broad SMARTS) is 1. The molecule has 0 spiro atoms. The molecule has 2 unspecified atom stereocenters. The van der Waals surface area contributed by atoms with Crippen molar-refractivity contribution >= 4 is 5.97 Å². The van der Waals surface area contributed by atoms with Crippen LogP contribution in [0.15, 0.2) is 30.4 Å². The SMILES string of the molecule is CCCC(CC[C@@H]1CC[C@@H]2[C@@H](C=C[C@H](COc3cc(F)ccc3F)OC3CCCCO3)[C@@H](O)C[C@@H]2OC1)C(=O)O. The van der Waals surface area contributed by atoms with Crippen molar-refractivity contribution in [2.45, 2.75) is 95.7 Å². The molecule has 0 radical (unpaired) electrons. The fourth-order valence-corrected chi connectivity index (χ4v) is 6.29. The molecule has 1 saturated carbocycles. The zero-order valence-electron chi connectivity index (χ0n) is 23.4. The predicted molar refractivity (Wildman–Crippen MR) is 145 cm³/mol. The summed E-state index contributed by atoms with van der Waals surface area (Å²) in [5.41, 5.74) is 0. The highest BCUT2D eigenvalue weighted by atomic mass is 19.1. The van der Waals surface area contributed by atoms with Gasteiger partial charge in [0.1, 0.15) is 18.5 Å². The van der Waals surface area contributed by atoms with Gasteiger partial charge >= 0.3 is 5.97 Å². The van der Waals surface area contributed by atoms with E-state index in [2.05, 4.69) is 0 Å². The number of aliphatic carboxylic acids is 1. The molecule has 224 valence electrons. The zero-order valence-corrected chi connectivity index (χ0v) is 23.4. The Morgan fingerprint density at radius 3 is 2.77 bits per heavy atom. The summed E-state index contributed by atoms with van der Waals surface area (Å²) < 4.78 is 51.5. The summed E-state index contributed by atoms with van der Waals surface area (Å²) in [7, 11) is 0. The Balaban J connectivity index is 1.38. The van der Waals surface area contributed by atoms with E-state index in [9.17, 15) is 23.8 Å². The lowest BCUT2D eigenvalue weighted by Gasteiger charge is -2.27. The number of aliphatic hydroxyl groups excluding tert-OH is 1. The maximum atomic E-state index is 14.1. The van der Waals surface area contributed by atoms with Crippen LogP contribution in [0.4, 0.5) is 8.78 Å². The third-order valence-corrected chi connectivity index (χ3v) is 8.56. The van der Waals surface area contributed by atoms with Crippen LogP contribution in [0, 0.1) is 35.3 Å². The van der Waals surface area contributed by atoms with Crippen molar-refractivity contribution in [2.24, 2.45) is 23.7 Å². The Morgan fingerprint density at radius 1 is 1.18 bits per heavy atom. The summed E-state index contributed by atoms with van der Waals surface area (Å²) in [5.74, 6) is -2.15. The molecule has 2 saturated heterocycles. The van der Waals surface area contributed by atoms with Crippen LogP contribution in [0.2, 0.25) is 0 Å². The van der Waals surface area contributed by atoms with Crippen molar-refractivity contribution < 1.29 is 42.7 Å². The predicted octanol–water partition coefficient (Wildman–Crippen LogP) is 5.88. The van der Waals surface area contributed by atoms with Gasteiger partial charge in [-0.2, -0.15) is 0 Å². The molecule has 2 N–H and O–H groups in total. The third kappa shape index (κ3) is 8.71. The van der Waals surface area contributed by atoms with Crippen molar-refractivity contribution in [3.05, 3.63) is 42.0 Å². The number of hydrogen-bond acceptors (Lipinski definition) is 6. The Morgan fingerprint density at radius 2 is 2.02 bits per heavy atom. The first-order chi connectivity index (χ1) is 19.3. The average Bonchev–Trinajstić information content (AvgIpc) is 3.10. The molecule has 1 aromatic carbocycles. The minimum Gasteiger partial charge on any atom is -0.487 e. The van der Waals surface area contributed by atoms with Gasteiger partial charge in [0.15, 0.2) is 17.9 Å². The highest BCUT2D eigenvalue weighted by Gasteiger charge is 2.43. The van der Waals surface area contributed by atoms with Gasteiger partial charge in [-0.3, -0.25) is 4.79 Å². The molecule has 8 atom stereocenters. The van der Waals surface area contributed by atoms with Gasteiger partial charge < -0.3 is 29.2 Å². The molecule has 1 aromatic rings. The number of rotatable bonds is 13. The van der Waals surface area contributed by atoms with Gasteiger partial charge in [-0.05, 0) is 75.3 Å². The van der Waals surface area contributed by atoms with Crippen molar-refractivity contribution in [3.63, 3.8) is 0 Å². The van der Waals surface area contributed by atoms with Gasteiger partial charge in [-0.15, -0.1) is 0 Å². The second-order valence-electron chi connectivity index (χ2n) is 11.5. The summed E-state index contributed by atoms with van der Waals surface area (Å²) in [4.78, 5) is 11.6. The van der Waals surface area contributed by atoms with E-state index in [0.29, 0.717) is 38.4 Å². The van der Waals surface area contributed by atoms with Crippen molar-refractivity contribution in [1.82, 2.24) is 0 Å². The Kier molecular flexibility index (Phi) is 11.8. The molecule has 4 rings (SSSR count). The maximum Gasteiger partial charge on any atom is 0.306 e. The highest BCUT2D eigenvalue weighted by molar-refractivity contribution is 5.69. The molecule has 2 aliphatic heterocycles. The smallest absolute Gasteiger partial charge is 0.306 e. The lowest BCUT2D eigenvalue weighted by Crippen LogP contribution is -2.31. The van der Waals surface area contributed by atoms with Crippen molar-refractivity contribution in [3.8, 4) is 5.75 Å². The summed E-state index contributed by atoms with van der Waals surface area (Å²) in [6.45, 7) is 3.17. The van der Waals surface area contributed by atoms with E-state index in [4.69, 9.17) is 18.9 Å². The van der Waals surface area contributed by atoms with Gasteiger partial charge in [-0.25, -0.2) is 8.78 Å². The molecule has 3 fully saturated rings. The molecule has 3 aliphatic rings. The molecule has 0 amide bonds. The van der Waals surface area contributed by atoms with E-state index in [1.165, 1.54) is 0 Å². The summed E-state index contributed by atoms with van der Waals surface area (Å²) >= 11 is 0. The van der Waals surface area contributed by atoms with Crippen LogP contribution in [0.5, 0.6) is 5.75 Å². The first-order valence-corrected chi connectivity index (χ1v) is 14.9. The standard InChI is InChI=1S/C31H44F2O7/c1-2-5-21(31(35)36)9-7-20-8-12-25-24(27(34)17-28(25)38-18-20)13-11-23(40-30-6-3-4-15-37-30)19-39-29-16-22(32)10-14-26(29)33/h10-11,13-14,16,20-21,23-25,27-28,30,34H,2-9,12,15,17-19H2,1H3,(H,35,36)/t20-,21?,23-,24-,25-,27+,28+,30?/m1/s1. The van der Waals surface area contributed by atoms with Crippen molar-refractivity contribution in [1.29, 1.82) is 0 Å². The van der Waals surface area contributed by atoms with Gasteiger partial charge in [0, 0.05) is 31.6 Å². The molecule has 0 aromatic heterocycles. The normalized spacial score (nSPS) is 30.5. The van der Waals surface area contributed by atoms with Crippen LogP contribution >= 0.6 is 0 Å². The van der Waals surface area contributed by atoms with E-state index < -0.39 is 36.1 Å². The van der Waals surface area contributed by atoms with Crippen LogP contribution in [0.3, 0.4) is 0 Å². The van der Waals surface area contributed by atoms with Gasteiger partial charge in [0.05, 0.1) is 18.1 Å². The molecule has 9 heteroatoms. The van der Waals surface area contributed by atoms with E-state index in [1.54, 1.807) is 0 Å². The second kappa shape index (κ2) is 15.2. The maximum absolute atomic E-state index is 14.1. The van der Waals surface area contributed by atoms with Crippen molar-refractivity contribution in [2.75, 3.05) is 19.8 Å².